The number of aromatic nitrogens is 1. The highest BCUT2D eigenvalue weighted by atomic mass is 32.1. The third-order valence-electron chi connectivity index (χ3n) is 4.66. The summed E-state index contributed by atoms with van der Waals surface area (Å²) >= 11 is 1.73. The van der Waals surface area contributed by atoms with E-state index < -0.39 is 6.10 Å². The number of carbonyl (C=O) groups is 1. The molecule has 1 amide bonds. The van der Waals surface area contributed by atoms with Crippen molar-refractivity contribution in [3.63, 3.8) is 0 Å². The number of ether oxygens (including phenoxy) is 1. The van der Waals surface area contributed by atoms with E-state index in [1.165, 1.54) is 4.88 Å². The van der Waals surface area contributed by atoms with E-state index in [9.17, 15) is 4.79 Å². The summed E-state index contributed by atoms with van der Waals surface area (Å²) in [5.74, 6) is 0.0436. The molecule has 2 aromatic rings. The molecular formula is C19H25N3O2S. The number of nitrogens with zero attached hydrogens (tertiary/aromatic N) is 3. The molecule has 1 fully saturated rings. The van der Waals surface area contributed by atoms with Gasteiger partial charge in [-0.25, -0.2) is 4.98 Å². The van der Waals surface area contributed by atoms with Gasteiger partial charge in [0.15, 0.2) is 11.2 Å². The Morgan fingerprint density at radius 3 is 2.56 bits per heavy atom. The topological polar surface area (TPSA) is 45.7 Å². The van der Waals surface area contributed by atoms with Gasteiger partial charge >= 0.3 is 0 Å². The Kier molecular flexibility index (Phi) is 5.71. The Bertz CT molecular complexity index is 697. The summed E-state index contributed by atoms with van der Waals surface area (Å²) in [6.45, 7) is 7.34. The maximum Gasteiger partial charge on any atom is 0.256 e. The fourth-order valence-electron chi connectivity index (χ4n) is 3.09. The van der Waals surface area contributed by atoms with Gasteiger partial charge in [0.2, 0.25) is 0 Å². The zero-order chi connectivity index (χ0) is 17.8. The highest BCUT2D eigenvalue weighted by molar-refractivity contribution is 7.15. The highest BCUT2D eigenvalue weighted by Gasteiger charge is 2.28. The minimum Gasteiger partial charge on any atom is -0.367 e. The number of anilines is 1. The lowest BCUT2D eigenvalue weighted by molar-refractivity contribution is -0.142. The second-order valence-electron chi connectivity index (χ2n) is 6.33. The number of benzene rings is 1. The molecule has 1 aromatic carbocycles. The monoisotopic (exact) mass is 359 g/mol. The third kappa shape index (κ3) is 4.02. The molecule has 0 N–H and O–H groups in total. The van der Waals surface area contributed by atoms with Crippen LogP contribution in [0.3, 0.4) is 0 Å². The summed E-state index contributed by atoms with van der Waals surface area (Å²) in [5.41, 5.74) is 2.00. The molecule has 25 heavy (non-hydrogen) atoms. The maximum absolute atomic E-state index is 13.0. The summed E-state index contributed by atoms with van der Waals surface area (Å²) in [7, 11) is 1.60. The first kappa shape index (κ1) is 17.9. The Hall–Kier alpha value is -1.92. The van der Waals surface area contributed by atoms with E-state index in [1.807, 2.05) is 42.2 Å². The molecule has 1 atom stereocenters. The van der Waals surface area contributed by atoms with Crippen LogP contribution in [0.4, 0.5) is 5.13 Å². The van der Waals surface area contributed by atoms with Crippen LogP contribution < -0.4 is 4.90 Å². The number of aryl methyl sites for hydroxylation is 2. The van der Waals surface area contributed by atoms with Crippen molar-refractivity contribution < 1.29 is 9.53 Å². The minimum absolute atomic E-state index is 0.0436. The Balaban J connectivity index is 1.68. The first-order valence-corrected chi connectivity index (χ1v) is 9.47. The van der Waals surface area contributed by atoms with E-state index in [2.05, 4.69) is 16.8 Å². The highest BCUT2D eigenvalue weighted by Crippen LogP contribution is 2.27. The first-order valence-electron chi connectivity index (χ1n) is 8.65. The van der Waals surface area contributed by atoms with Crippen molar-refractivity contribution >= 4 is 22.4 Å². The number of carbonyl (C=O) groups excluding carboxylic acids is 1. The number of methoxy groups -OCH3 is 1. The van der Waals surface area contributed by atoms with E-state index in [0.717, 1.165) is 42.4 Å². The van der Waals surface area contributed by atoms with Gasteiger partial charge in [-0.1, -0.05) is 30.3 Å². The van der Waals surface area contributed by atoms with Crippen molar-refractivity contribution in [1.82, 2.24) is 9.88 Å². The van der Waals surface area contributed by atoms with Gasteiger partial charge in [0, 0.05) is 38.2 Å². The molecule has 1 saturated heterocycles. The van der Waals surface area contributed by atoms with Crippen LogP contribution in [-0.2, 0) is 9.53 Å². The normalized spacial score (nSPS) is 16.6. The molecule has 1 aromatic heterocycles. The summed E-state index contributed by atoms with van der Waals surface area (Å²) < 4.78 is 5.51. The Labute approximate surface area is 153 Å². The molecule has 0 spiro atoms. The van der Waals surface area contributed by atoms with E-state index in [-0.39, 0.29) is 5.91 Å². The summed E-state index contributed by atoms with van der Waals surface area (Å²) in [6.07, 6.45) is 0.409. The molecule has 0 aliphatic carbocycles. The van der Waals surface area contributed by atoms with Crippen molar-refractivity contribution in [2.45, 2.75) is 26.4 Å². The van der Waals surface area contributed by atoms with Crippen LogP contribution in [0.25, 0.3) is 0 Å². The van der Waals surface area contributed by atoms with Crippen LogP contribution in [0.1, 0.15) is 28.7 Å². The van der Waals surface area contributed by atoms with Gasteiger partial charge < -0.3 is 14.5 Å². The van der Waals surface area contributed by atoms with Gasteiger partial charge in [-0.2, -0.15) is 0 Å². The number of hydrogen-bond acceptors (Lipinski definition) is 5. The van der Waals surface area contributed by atoms with Crippen LogP contribution in [0.15, 0.2) is 30.3 Å². The molecule has 2 heterocycles. The van der Waals surface area contributed by atoms with Crippen LogP contribution in [0.5, 0.6) is 0 Å². The summed E-state index contributed by atoms with van der Waals surface area (Å²) in [6, 6.07) is 9.70. The van der Waals surface area contributed by atoms with Gasteiger partial charge in [-0.05, 0) is 25.8 Å². The lowest BCUT2D eigenvalue weighted by atomic mass is 10.1. The molecular weight excluding hydrogens is 334 g/mol. The first-order chi connectivity index (χ1) is 12.1. The molecule has 134 valence electrons. The molecule has 3 rings (SSSR count). The van der Waals surface area contributed by atoms with Gasteiger partial charge in [0.1, 0.15) is 0 Å². The summed E-state index contributed by atoms with van der Waals surface area (Å²) in [5, 5.41) is 1.07. The zero-order valence-electron chi connectivity index (χ0n) is 15.1. The number of amides is 1. The second-order valence-corrected chi connectivity index (χ2v) is 7.51. The van der Waals surface area contributed by atoms with Crippen LogP contribution >= 0.6 is 11.3 Å². The van der Waals surface area contributed by atoms with E-state index in [0.29, 0.717) is 6.54 Å². The van der Waals surface area contributed by atoms with Crippen LogP contribution in [-0.4, -0.2) is 49.1 Å². The molecule has 5 nitrogen and oxygen atoms in total. The van der Waals surface area contributed by atoms with E-state index >= 15 is 0 Å². The maximum atomic E-state index is 13.0. The molecule has 1 aliphatic heterocycles. The van der Waals surface area contributed by atoms with Crippen molar-refractivity contribution in [3.8, 4) is 0 Å². The molecule has 0 unspecified atom stereocenters. The van der Waals surface area contributed by atoms with Gasteiger partial charge in [0.25, 0.3) is 5.91 Å². The quantitative estimate of drug-likeness (QED) is 0.841. The predicted octanol–water partition coefficient (Wildman–Crippen LogP) is 3.19. The van der Waals surface area contributed by atoms with Gasteiger partial charge in [0.05, 0.1) is 5.69 Å². The smallest absolute Gasteiger partial charge is 0.256 e. The number of rotatable bonds is 4. The molecule has 0 saturated carbocycles. The average Bonchev–Trinajstić information content (AvgIpc) is 2.83. The van der Waals surface area contributed by atoms with Crippen molar-refractivity contribution in [1.29, 1.82) is 0 Å². The Morgan fingerprint density at radius 2 is 1.92 bits per heavy atom. The van der Waals surface area contributed by atoms with Gasteiger partial charge in [-0.15, -0.1) is 11.3 Å². The van der Waals surface area contributed by atoms with Crippen LogP contribution in [0, 0.1) is 13.8 Å². The van der Waals surface area contributed by atoms with Gasteiger partial charge in [-0.3, -0.25) is 4.79 Å². The standard InChI is InChI=1S/C19H25N3O2S/c1-14-15(2)25-19(20-14)22-11-7-10-21(12-13-22)18(23)17(24-3)16-8-5-4-6-9-16/h4-6,8-9,17H,7,10-13H2,1-3H3/t17-/m1/s1. The Morgan fingerprint density at radius 1 is 1.16 bits per heavy atom. The number of hydrogen-bond donors (Lipinski definition) is 0. The van der Waals surface area contributed by atoms with Crippen molar-refractivity contribution in [2.24, 2.45) is 0 Å². The molecule has 6 heteroatoms. The largest absolute Gasteiger partial charge is 0.367 e. The lowest BCUT2D eigenvalue weighted by Crippen LogP contribution is -2.38. The average molecular weight is 359 g/mol. The molecule has 1 aliphatic rings. The third-order valence-corrected chi connectivity index (χ3v) is 5.79. The van der Waals surface area contributed by atoms with Crippen LogP contribution in [0.2, 0.25) is 0 Å². The van der Waals surface area contributed by atoms with Crippen molar-refractivity contribution in [3.05, 3.63) is 46.5 Å². The minimum atomic E-state index is -0.530. The molecule has 0 bridgehead atoms. The zero-order valence-corrected chi connectivity index (χ0v) is 15.9. The predicted molar refractivity (Wildman–Crippen MR) is 101 cm³/mol. The fourth-order valence-corrected chi connectivity index (χ4v) is 4.05. The molecule has 0 radical (unpaired) electrons. The van der Waals surface area contributed by atoms with E-state index in [1.54, 1.807) is 18.4 Å². The van der Waals surface area contributed by atoms with Crippen molar-refractivity contribution in [2.75, 3.05) is 38.2 Å². The SMILES string of the molecule is CO[C@@H](C(=O)N1CCCN(c2nc(C)c(C)s2)CC1)c1ccccc1. The lowest BCUT2D eigenvalue weighted by Gasteiger charge is -2.26. The number of thiazole rings is 1. The summed E-state index contributed by atoms with van der Waals surface area (Å²) in [4.78, 5) is 23.1. The fraction of sp³-hybridized carbons (Fsp3) is 0.474. The second kappa shape index (κ2) is 7.97. The van der Waals surface area contributed by atoms with E-state index in [4.69, 9.17) is 4.74 Å².